The Hall–Kier alpha value is -1.16. The van der Waals surface area contributed by atoms with Gasteiger partial charge in [0.25, 0.3) is 0 Å². The molecule has 0 aromatic carbocycles. The highest BCUT2D eigenvalue weighted by molar-refractivity contribution is 7.80. The second-order valence-corrected chi connectivity index (χ2v) is 5.56. The van der Waals surface area contributed by atoms with E-state index in [0.29, 0.717) is 16.7 Å². The van der Waals surface area contributed by atoms with Gasteiger partial charge in [0.15, 0.2) is 0 Å². The molecule has 0 aliphatic heterocycles. The van der Waals surface area contributed by atoms with Crippen LogP contribution >= 0.6 is 12.2 Å². The molecule has 90 valence electrons. The predicted molar refractivity (Wildman–Crippen MR) is 73.0 cm³/mol. The molecular formula is C13H17N3S. The third kappa shape index (κ3) is 2.57. The summed E-state index contributed by atoms with van der Waals surface area (Å²) in [6, 6.07) is 6.43. The first-order chi connectivity index (χ1) is 8.24. The molecule has 0 saturated heterocycles. The lowest BCUT2D eigenvalue weighted by Crippen LogP contribution is -2.25. The molecule has 0 unspecified atom stereocenters. The average molecular weight is 247 g/mol. The fraction of sp³-hybridized carbons (Fsp3) is 0.538. The van der Waals surface area contributed by atoms with Gasteiger partial charge in [0.1, 0.15) is 10.8 Å². The minimum atomic E-state index is 0.364. The molecule has 0 radical (unpaired) electrons. The average Bonchev–Trinajstić information content (AvgIpc) is 3.16. The number of nitrogens with zero attached hydrogens (tertiary/aromatic N) is 1. The van der Waals surface area contributed by atoms with Gasteiger partial charge in [-0.3, -0.25) is 0 Å². The van der Waals surface area contributed by atoms with Crippen LogP contribution in [0.2, 0.25) is 0 Å². The number of aromatic nitrogens is 1. The summed E-state index contributed by atoms with van der Waals surface area (Å²) in [4.78, 5) is 4.82. The van der Waals surface area contributed by atoms with Crippen LogP contribution in [-0.4, -0.2) is 16.0 Å². The maximum absolute atomic E-state index is 5.60. The van der Waals surface area contributed by atoms with E-state index in [1.54, 1.807) is 0 Å². The molecule has 1 aromatic rings. The van der Waals surface area contributed by atoms with Crippen molar-refractivity contribution < 1.29 is 0 Å². The number of hydrogen-bond acceptors (Lipinski definition) is 3. The van der Waals surface area contributed by atoms with E-state index in [0.717, 1.165) is 17.7 Å². The third-order valence-electron chi connectivity index (χ3n) is 3.58. The summed E-state index contributed by atoms with van der Waals surface area (Å²) in [6.45, 7) is 0. The first-order valence-electron chi connectivity index (χ1n) is 6.27. The molecule has 1 aromatic heterocycles. The van der Waals surface area contributed by atoms with E-state index in [-0.39, 0.29) is 0 Å². The summed E-state index contributed by atoms with van der Waals surface area (Å²) in [7, 11) is 0. The molecule has 4 heteroatoms. The van der Waals surface area contributed by atoms with Crippen molar-refractivity contribution in [2.75, 3.05) is 5.32 Å². The molecule has 0 bridgehead atoms. The van der Waals surface area contributed by atoms with Crippen molar-refractivity contribution in [1.29, 1.82) is 0 Å². The van der Waals surface area contributed by atoms with E-state index in [4.69, 9.17) is 18.0 Å². The molecule has 2 aliphatic carbocycles. The zero-order chi connectivity index (χ0) is 11.8. The van der Waals surface area contributed by atoms with Gasteiger partial charge in [-0.1, -0.05) is 18.3 Å². The minimum absolute atomic E-state index is 0.364. The van der Waals surface area contributed by atoms with Gasteiger partial charge >= 0.3 is 0 Å². The van der Waals surface area contributed by atoms with E-state index in [9.17, 15) is 0 Å². The topological polar surface area (TPSA) is 50.9 Å². The lowest BCUT2D eigenvalue weighted by Gasteiger charge is -2.18. The van der Waals surface area contributed by atoms with Crippen LogP contribution in [-0.2, 0) is 0 Å². The van der Waals surface area contributed by atoms with E-state index in [1.807, 2.05) is 18.2 Å². The van der Waals surface area contributed by atoms with E-state index in [2.05, 4.69) is 10.3 Å². The maximum atomic E-state index is 5.60. The van der Waals surface area contributed by atoms with Gasteiger partial charge in [0.2, 0.25) is 0 Å². The molecule has 0 spiro atoms. The molecule has 2 aliphatic rings. The monoisotopic (exact) mass is 247 g/mol. The summed E-state index contributed by atoms with van der Waals surface area (Å²) < 4.78 is 0. The minimum Gasteiger partial charge on any atom is -0.388 e. The molecule has 2 fully saturated rings. The summed E-state index contributed by atoms with van der Waals surface area (Å²) in [5.41, 5.74) is 6.30. The first-order valence-corrected chi connectivity index (χ1v) is 6.68. The van der Waals surface area contributed by atoms with Gasteiger partial charge in [-0.25, -0.2) is 4.98 Å². The van der Waals surface area contributed by atoms with E-state index >= 15 is 0 Å². The highest BCUT2D eigenvalue weighted by atomic mass is 32.1. The summed E-state index contributed by atoms with van der Waals surface area (Å²) in [5.74, 6) is 2.63. The molecule has 1 heterocycles. The van der Waals surface area contributed by atoms with Gasteiger partial charge in [-0.2, -0.15) is 0 Å². The van der Waals surface area contributed by atoms with Crippen molar-refractivity contribution >= 4 is 23.0 Å². The van der Waals surface area contributed by atoms with Crippen LogP contribution in [0, 0.1) is 11.8 Å². The number of rotatable bonds is 5. The van der Waals surface area contributed by atoms with Crippen LogP contribution in [0.3, 0.4) is 0 Å². The normalized spacial score (nSPS) is 19.4. The smallest absolute Gasteiger partial charge is 0.126 e. The van der Waals surface area contributed by atoms with Crippen LogP contribution in [0.5, 0.6) is 0 Å². The molecule has 0 amide bonds. The standard InChI is InChI=1S/C13H17N3S/c14-13(17)10-2-1-3-11(15-10)16-12(8-4-5-8)9-6-7-9/h1-3,8-9,12H,4-7H2,(H2,14,17)(H,15,16). The fourth-order valence-electron chi connectivity index (χ4n) is 2.35. The van der Waals surface area contributed by atoms with Crippen molar-refractivity contribution in [3.63, 3.8) is 0 Å². The second-order valence-electron chi connectivity index (χ2n) is 5.12. The van der Waals surface area contributed by atoms with Crippen molar-refractivity contribution in [3.05, 3.63) is 23.9 Å². The molecule has 3 N–H and O–H groups in total. The Balaban J connectivity index is 1.74. The zero-order valence-electron chi connectivity index (χ0n) is 9.73. The first kappa shape index (κ1) is 11.0. The third-order valence-corrected chi connectivity index (χ3v) is 3.78. The van der Waals surface area contributed by atoms with Crippen LogP contribution in [0.15, 0.2) is 18.2 Å². The second kappa shape index (κ2) is 4.26. The number of nitrogens with one attached hydrogen (secondary N) is 1. The summed E-state index contributed by atoms with van der Waals surface area (Å²) in [6.07, 6.45) is 5.46. The van der Waals surface area contributed by atoms with Crippen molar-refractivity contribution in [2.24, 2.45) is 17.6 Å². The van der Waals surface area contributed by atoms with Gasteiger partial charge < -0.3 is 11.1 Å². The largest absolute Gasteiger partial charge is 0.388 e. The molecule has 3 rings (SSSR count). The Kier molecular flexibility index (Phi) is 2.74. The van der Waals surface area contributed by atoms with Crippen LogP contribution in [0.25, 0.3) is 0 Å². The van der Waals surface area contributed by atoms with Gasteiger partial charge in [-0.15, -0.1) is 0 Å². The van der Waals surface area contributed by atoms with Crippen molar-refractivity contribution in [1.82, 2.24) is 4.98 Å². The Morgan fingerprint density at radius 2 is 1.94 bits per heavy atom. The van der Waals surface area contributed by atoms with Crippen molar-refractivity contribution in [2.45, 2.75) is 31.7 Å². The Labute approximate surface area is 107 Å². The number of thiocarbonyl (C=S) groups is 1. The quantitative estimate of drug-likeness (QED) is 0.784. The summed E-state index contributed by atoms with van der Waals surface area (Å²) in [5, 5.41) is 3.57. The maximum Gasteiger partial charge on any atom is 0.126 e. The number of hydrogen-bond donors (Lipinski definition) is 2. The number of nitrogens with two attached hydrogens (primary N) is 1. The lowest BCUT2D eigenvalue weighted by molar-refractivity contribution is 0.565. The Morgan fingerprint density at radius 1 is 1.29 bits per heavy atom. The van der Waals surface area contributed by atoms with Crippen LogP contribution < -0.4 is 11.1 Å². The highest BCUT2D eigenvalue weighted by Gasteiger charge is 2.41. The Bertz CT molecular complexity index is 426. The molecule has 17 heavy (non-hydrogen) atoms. The number of pyridine rings is 1. The van der Waals surface area contributed by atoms with Crippen LogP contribution in [0.4, 0.5) is 5.82 Å². The predicted octanol–water partition coefficient (Wildman–Crippen LogP) is 2.32. The molecule has 0 atom stereocenters. The Morgan fingerprint density at radius 3 is 2.47 bits per heavy atom. The molecule has 3 nitrogen and oxygen atoms in total. The van der Waals surface area contributed by atoms with Crippen molar-refractivity contribution in [3.8, 4) is 0 Å². The van der Waals surface area contributed by atoms with Gasteiger partial charge in [0, 0.05) is 6.04 Å². The molecule has 2 saturated carbocycles. The van der Waals surface area contributed by atoms with E-state index in [1.165, 1.54) is 25.7 Å². The van der Waals surface area contributed by atoms with Crippen LogP contribution in [0.1, 0.15) is 31.4 Å². The summed E-state index contributed by atoms with van der Waals surface area (Å²) >= 11 is 4.95. The number of anilines is 1. The van der Waals surface area contributed by atoms with E-state index < -0.39 is 0 Å². The SMILES string of the molecule is NC(=S)c1cccc(NC(C2CC2)C2CC2)n1. The van der Waals surface area contributed by atoms with Gasteiger partial charge in [-0.05, 0) is 49.7 Å². The zero-order valence-corrected chi connectivity index (χ0v) is 10.5. The highest BCUT2D eigenvalue weighted by Crippen LogP contribution is 2.45. The fourth-order valence-corrected chi connectivity index (χ4v) is 2.47. The lowest BCUT2D eigenvalue weighted by atomic mass is 10.1. The molecular weight excluding hydrogens is 230 g/mol. The van der Waals surface area contributed by atoms with Gasteiger partial charge in [0.05, 0.1) is 5.69 Å².